The Morgan fingerprint density at radius 1 is 1.30 bits per heavy atom. The van der Waals surface area contributed by atoms with E-state index in [2.05, 4.69) is 40.5 Å². The Kier molecular flexibility index (Phi) is 7.81. The molecule has 0 aliphatic carbocycles. The molecule has 1 saturated heterocycles. The molecule has 1 aliphatic rings. The number of thiophene rings is 1. The van der Waals surface area contributed by atoms with Crippen molar-refractivity contribution in [3.05, 3.63) is 27.9 Å². The molecule has 7 heteroatoms. The van der Waals surface area contributed by atoms with E-state index in [0.29, 0.717) is 24.9 Å². The summed E-state index contributed by atoms with van der Waals surface area (Å²) in [5.74, 6) is 0.647. The van der Waals surface area contributed by atoms with E-state index in [0.717, 1.165) is 55.4 Å². The molecule has 1 aliphatic heterocycles. The lowest BCUT2D eigenvalue weighted by Gasteiger charge is -2.38. The zero-order chi connectivity index (χ0) is 19.1. The zero-order valence-corrected chi connectivity index (χ0v) is 17.8. The fourth-order valence-corrected chi connectivity index (χ4v) is 5.22. The summed E-state index contributed by atoms with van der Waals surface area (Å²) in [6.07, 6.45) is 2.61. The lowest BCUT2D eigenvalue weighted by Crippen LogP contribution is -2.52. The van der Waals surface area contributed by atoms with Crippen LogP contribution in [0.15, 0.2) is 22.2 Å². The van der Waals surface area contributed by atoms with Crippen LogP contribution >= 0.6 is 22.7 Å². The molecule has 3 rings (SSSR count). The lowest BCUT2D eigenvalue weighted by atomic mass is 9.92. The highest BCUT2D eigenvalue weighted by atomic mass is 32.1. The average Bonchev–Trinajstić information content (AvgIpc) is 3.37. The molecule has 5 nitrogen and oxygen atoms in total. The van der Waals surface area contributed by atoms with E-state index >= 15 is 0 Å². The van der Waals surface area contributed by atoms with Crippen molar-refractivity contribution in [3.8, 4) is 10.6 Å². The molecule has 1 amide bonds. The summed E-state index contributed by atoms with van der Waals surface area (Å²) in [6.45, 7) is 8.66. The number of aromatic nitrogens is 1. The molecule has 0 bridgehead atoms. The van der Waals surface area contributed by atoms with E-state index in [1.807, 2.05) is 10.8 Å². The van der Waals surface area contributed by atoms with Gasteiger partial charge in [-0.2, -0.15) is 11.3 Å². The van der Waals surface area contributed by atoms with Crippen molar-refractivity contribution in [2.24, 2.45) is 5.92 Å². The van der Waals surface area contributed by atoms with Gasteiger partial charge in [-0.1, -0.05) is 26.7 Å². The molecule has 148 valence electrons. The summed E-state index contributed by atoms with van der Waals surface area (Å²) in [5.41, 5.74) is 1.99. The van der Waals surface area contributed by atoms with Crippen LogP contribution < -0.4 is 5.32 Å². The second-order valence-electron chi connectivity index (χ2n) is 6.93. The number of thiazole rings is 1. The van der Waals surface area contributed by atoms with Gasteiger partial charge in [-0.3, -0.25) is 9.69 Å². The number of hydrogen-bond acceptors (Lipinski definition) is 6. The maximum atomic E-state index is 12.5. The number of morpholine rings is 1. The molecular formula is C20H29N3O2S2. The van der Waals surface area contributed by atoms with Crippen LogP contribution in [0.2, 0.25) is 0 Å². The van der Waals surface area contributed by atoms with Crippen molar-refractivity contribution in [2.75, 3.05) is 32.8 Å². The number of amides is 1. The number of ether oxygens (including phenoxy) is 1. The fraction of sp³-hybridized carbons (Fsp3) is 0.600. The third kappa shape index (κ3) is 5.60. The van der Waals surface area contributed by atoms with Crippen molar-refractivity contribution >= 4 is 28.6 Å². The van der Waals surface area contributed by atoms with Gasteiger partial charge in [0.25, 0.3) is 0 Å². The Bertz CT molecular complexity index is 692. The molecule has 0 saturated carbocycles. The quantitative estimate of drug-likeness (QED) is 0.689. The minimum atomic E-state index is 0.0568. The third-order valence-electron chi connectivity index (χ3n) is 5.28. The molecular weight excluding hydrogens is 378 g/mol. The Morgan fingerprint density at radius 2 is 2.07 bits per heavy atom. The lowest BCUT2D eigenvalue weighted by molar-refractivity contribution is -0.121. The van der Waals surface area contributed by atoms with Crippen LogP contribution in [0, 0.1) is 5.92 Å². The topological polar surface area (TPSA) is 54.5 Å². The maximum absolute atomic E-state index is 12.5. The molecule has 0 unspecified atom stereocenters. The van der Waals surface area contributed by atoms with E-state index in [1.54, 1.807) is 22.7 Å². The van der Waals surface area contributed by atoms with Crippen LogP contribution in [0.5, 0.6) is 0 Å². The first-order valence-corrected chi connectivity index (χ1v) is 11.6. The van der Waals surface area contributed by atoms with Gasteiger partial charge in [0, 0.05) is 42.0 Å². The largest absolute Gasteiger partial charge is 0.379 e. The number of carbonyl (C=O) groups excluding carboxylic acids is 1. The molecule has 2 aromatic heterocycles. The van der Waals surface area contributed by atoms with Gasteiger partial charge in [0.15, 0.2) is 0 Å². The molecule has 3 heterocycles. The fourth-order valence-electron chi connectivity index (χ4n) is 3.69. The standard InChI is InChI=1S/C20H29N3O2S2/c1-3-15(4-2)18(23-6-8-25-9-7-23)12-21-19(24)11-17-14-27-20(22-17)16-5-10-26-13-16/h5,10,13-15,18H,3-4,6-9,11-12H2,1-2H3,(H,21,24)/t18-/m1/s1. The highest BCUT2D eigenvalue weighted by molar-refractivity contribution is 7.14. The van der Waals surface area contributed by atoms with Crippen molar-refractivity contribution in [3.63, 3.8) is 0 Å². The van der Waals surface area contributed by atoms with E-state index < -0.39 is 0 Å². The zero-order valence-electron chi connectivity index (χ0n) is 16.1. The van der Waals surface area contributed by atoms with Crippen molar-refractivity contribution in [2.45, 2.75) is 39.2 Å². The first-order chi connectivity index (χ1) is 13.2. The van der Waals surface area contributed by atoms with Gasteiger partial charge in [-0.05, 0) is 17.4 Å². The number of rotatable bonds is 9. The molecule has 0 aromatic carbocycles. The van der Waals surface area contributed by atoms with Gasteiger partial charge < -0.3 is 10.1 Å². The van der Waals surface area contributed by atoms with Gasteiger partial charge >= 0.3 is 0 Å². The Hall–Kier alpha value is -1.28. The SMILES string of the molecule is CCC(CC)[C@@H](CNC(=O)Cc1csc(-c2ccsc2)n1)N1CCOCC1. The summed E-state index contributed by atoms with van der Waals surface area (Å²) in [5, 5.41) is 10.3. The maximum Gasteiger partial charge on any atom is 0.226 e. The van der Waals surface area contributed by atoms with Crippen molar-refractivity contribution in [1.82, 2.24) is 15.2 Å². The van der Waals surface area contributed by atoms with Gasteiger partial charge in [0.05, 0.1) is 25.3 Å². The van der Waals surface area contributed by atoms with Crippen LogP contribution in [0.3, 0.4) is 0 Å². The highest BCUT2D eigenvalue weighted by Crippen LogP contribution is 2.26. The monoisotopic (exact) mass is 407 g/mol. The molecule has 0 radical (unpaired) electrons. The van der Waals surface area contributed by atoms with Crippen LogP contribution in [0.1, 0.15) is 32.4 Å². The second-order valence-corrected chi connectivity index (χ2v) is 8.57. The Labute approximate surface area is 169 Å². The van der Waals surface area contributed by atoms with Gasteiger partial charge in [-0.25, -0.2) is 4.98 Å². The van der Waals surface area contributed by atoms with E-state index in [9.17, 15) is 4.79 Å². The summed E-state index contributed by atoms with van der Waals surface area (Å²) in [7, 11) is 0. The first kappa shape index (κ1) is 20.5. The molecule has 1 N–H and O–H groups in total. The van der Waals surface area contributed by atoms with Crippen LogP contribution in [-0.4, -0.2) is 54.7 Å². The number of hydrogen-bond donors (Lipinski definition) is 1. The van der Waals surface area contributed by atoms with Gasteiger partial charge in [-0.15, -0.1) is 11.3 Å². The van der Waals surface area contributed by atoms with Gasteiger partial charge in [0.2, 0.25) is 5.91 Å². The minimum absolute atomic E-state index is 0.0568. The smallest absolute Gasteiger partial charge is 0.226 e. The normalized spacial score (nSPS) is 16.6. The van der Waals surface area contributed by atoms with Crippen molar-refractivity contribution in [1.29, 1.82) is 0 Å². The predicted molar refractivity (Wildman–Crippen MR) is 112 cm³/mol. The summed E-state index contributed by atoms with van der Waals surface area (Å²) in [4.78, 5) is 19.6. The highest BCUT2D eigenvalue weighted by Gasteiger charge is 2.27. The van der Waals surface area contributed by atoms with Crippen LogP contribution in [0.4, 0.5) is 0 Å². The first-order valence-electron chi connectivity index (χ1n) is 9.76. The molecule has 2 aromatic rings. The van der Waals surface area contributed by atoms with Gasteiger partial charge in [0.1, 0.15) is 5.01 Å². The van der Waals surface area contributed by atoms with Crippen LogP contribution in [-0.2, 0) is 16.0 Å². The van der Waals surface area contributed by atoms with E-state index in [4.69, 9.17) is 4.74 Å². The minimum Gasteiger partial charge on any atom is -0.379 e. The summed E-state index contributed by atoms with van der Waals surface area (Å²) < 4.78 is 5.50. The Balaban J connectivity index is 1.55. The van der Waals surface area contributed by atoms with E-state index in [1.165, 1.54) is 0 Å². The number of nitrogens with one attached hydrogen (secondary N) is 1. The number of carbonyl (C=O) groups is 1. The van der Waals surface area contributed by atoms with E-state index in [-0.39, 0.29) is 5.91 Å². The van der Waals surface area contributed by atoms with Crippen LogP contribution in [0.25, 0.3) is 10.6 Å². The molecule has 27 heavy (non-hydrogen) atoms. The second kappa shape index (κ2) is 10.3. The summed E-state index contributed by atoms with van der Waals surface area (Å²) in [6, 6.07) is 2.44. The molecule has 0 spiro atoms. The number of nitrogens with zero attached hydrogens (tertiary/aromatic N) is 2. The predicted octanol–water partition coefficient (Wildman–Crippen LogP) is 3.67. The Morgan fingerprint density at radius 3 is 2.74 bits per heavy atom. The summed E-state index contributed by atoms with van der Waals surface area (Å²) >= 11 is 3.27. The van der Waals surface area contributed by atoms with Crippen molar-refractivity contribution < 1.29 is 9.53 Å². The third-order valence-corrected chi connectivity index (χ3v) is 6.90. The molecule has 1 atom stereocenters. The molecule has 1 fully saturated rings. The average molecular weight is 408 g/mol.